The topological polar surface area (TPSA) is 9.23 Å². The molecular formula is C7H7CoO. The van der Waals surface area contributed by atoms with Crippen LogP contribution in [0.25, 0.3) is 0 Å². The molecule has 0 bridgehead atoms. The number of benzene rings is 1. The average Bonchev–Trinajstić information content (AvgIpc) is 1.89. The summed E-state index contributed by atoms with van der Waals surface area (Å²) in [4.78, 5) is 0. The minimum atomic E-state index is 0.817. The zero-order chi connectivity index (χ0) is 6.69. The van der Waals surface area contributed by atoms with Gasteiger partial charge in [0.05, 0.1) is 0 Å². The van der Waals surface area contributed by atoms with Crippen LogP contribution in [0.1, 0.15) is 5.56 Å². The van der Waals surface area contributed by atoms with E-state index in [1.807, 2.05) is 31.2 Å². The van der Waals surface area contributed by atoms with Gasteiger partial charge in [-0.2, -0.15) is 0 Å². The average molecular weight is 166 g/mol. The van der Waals surface area contributed by atoms with Crippen molar-refractivity contribution >= 4 is 0 Å². The second-order valence-electron chi connectivity index (χ2n) is 1.83. The standard InChI is InChI=1S/C7H8O.Co/c1-6-4-2-3-5-7(6)8;/h2-5,8H,1H3;/q;+1/p-1. The first-order valence-electron chi connectivity index (χ1n) is 2.67. The van der Waals surface area contributed by atoms with E-state index in [-0.39, 0.29) is 0 Å². The molecule has 0 aromatic heterocycles. The van der Waals surface area contributed by atoms with Crippen LogP contribution >= 0.6 is 0 Å². The number of hydrogen-bond donors (Lipinski definition) is 0. The molecule has 0 spiro atoms. The molecule has 1 aromatic carbocycles. The quantitative estimate of drug-likeness (QED) is 0.618. The molecule has 0 heterocycles. The van der Waals surface area contributed by atoms with Gasteiger partial charge in [0.25, 0.3) is 0 Å². The molecule has 0 aliphatic carbocycles. The Morgan fingerprint density at radius 3 is 2.44 bits per heavy atom. The molecule has 0 radical (unpaired) electrons. The van der Waals surface area contributed by atoms with Crippen molar-refractivity contribution in [1.29, 1.82) is 0 Å². The Labute approximate surface area is 62.9 Å². The molecule has 9 heavy (non-hydrogen) atoms. The summed E-state index contributed by atoms with van der Waals surface area (Å²) in [6, 6.07) is 7.73. The minimum absolute atomic E-state index is 0.817. The molecule has 0 aliphatic heterocycles. The summed E-state index contributed by atoms with van der Waals surface area (Å²) < 4.78 is 4.73. The molecule has 0 fully saturated rings. The Bertz CT molecular complexity index is 198. The number of rotatable bonds is 1. The summed E-state index contributed by atoms with van der Waals surface area (Å²) >= 11 is 3.73. The van der Waals surface area contributed by atoms with Gasteiger partial charge in [-0.25, -0.2) is 0 Å². The van der Waals surface area contributed by atoms with Gasteiger partial charge in [0.2, 0.25) is 0 Å². The third kappa shape index (κ3) is 1.46. The fourth-order valence-corrected chi connectivity index (χ4v) is 0.871. The SMILES string of the molecule is Cc1ccccc1[O][Co]. The van der Waals surface area contributed by atoms with Crippen LogP contribution in [0.4, 0.5) is 0 Å². The van der Waals surface area contributed by atoms with Crippen LogP contribution in [-0.2, 0) is 16.1 Å². The van der Waals surface area contributed by atoms with Crippen molar-refractivity contribution in [1.82, 2.24) is 0 Å². The summed E-state index contributed by atoms with van der Waals surface area (Å²) in [5, 5.41) is 0. The Balaban J connectivity index is 3.01. The molecule has 0 N–H and O–H groups in total. The van der Waals surface area contributed by atoms with Crippen LogP contribution < -0.4 is 3.85 Å². The Hall–Kier alpha value is -0.474. The Kier molecular flexibility index (Phi) is 2.14. The van der Waals surface area contributed by atoms with Gasteiger partial charge < -0.3 is 0 Å². The molecule has 2 heteroatoms. The normalized spacial score (nSPS) is 9.22. The molecular weight excluding hydrogens is 159 g/mol. The third-order valence-corrected chi connectivity index (χ3v) is 1.40. The van der Waals surface area contributed by atoms with Crippen molar-refractivity contribution < 1.29 is 19.9 Å². The summed E-state index contributed by atoms with van der Waals surface area (Å²) in [5.74, 6) is 0.817. The van der Waals surface area contributed by atoms with Crippen molar-refractivity contribution in [2.24, 2.45) is 0 Å². The molecule has 1 rings (SSSR count). The molecule has 1 nitrogen and oxygen atoms in total. The third-order valence-electron chi connectivity index (χ3n) is 1.17. The van der Waals surface area contributed by atoms with Crippen LogP contribution in [0.5, 0.6) is 5.75 Å². The fraction of sp³-hybridized carbons (Fsp3) is 0.143. The van der Waals surface area contributed by atoms with E-state index in [1.165, 1.54) is 0 Å². The van der Waals surface area contributed by atoms with Crippen LogP contribution in [0.15, 0.2) is 24.3 Å². The zero-order valence-corrected chi connectivity index (χ0v) is 6.09. The number of hydrogen-bond acceptors (Lipinski definition) is 1. The molecule has 0 atom stereocenters. The van der Waals surface area contributed by atoms with Gasteiger partial charge in [0.1, 0.15) is 0 Å². The van der Waals surface area contributed by atoms with Crippen LogP contribution in [0, 0.1) is 6.92 Å². The van der Waals surface area contributed by atoms with Gasteiger partial charge in [-0.1, -0.05) is 0 Å². The molecule has 1 aromatic rings. The second-order valence-corrected chi connectivity index (χ2v) is 2.05. The maximum atomic E-state index is 4.73. The van der Waals surface area contributed by atoms with Gasteiger partial charge in [-0.15, -0.1) is 0 Å². The summed E-state index contributed by atoms with van der Waals surface area (Å²) in [7, 11) is 0. The second kappa shape index (κ2) is 2.89. The van der Waals surface area contributed by atoms with E-state index in [0.29, 0.717) is 0 Å². The van der Waals surface area contributed by atoms with Crippen molar-refractivity contribution in [2.45, 2.75) is 6.92 Å². The van der Waals surface area contributed by atoms with Gasteiger partial charge in [-0.05, 0) is 0 Å². The summed E-state index contributed by atoms with van der Waals surface area (Å²) in [6.07, 6.45) is 0. The van der Waals surface area contributed by atoms with Gasteiger partial charge in [0.15, 0.2) is 0 Å². The molecule has 50 valence electrons. The number of para-hydroxylation sites is 1. The van der Waals surface area contributed by atoms with Gasteiger partial charge >= 0.3 is 62.4 Å². The monoisotopic (exact) mass is 166 g/mol. The Morgan fingerprint density at radius 1 is 1.33 bits per heavy atom. The van der Waals surface area contributed by atoms with Crippen molar-refractivity contribution in [3.05, 3.63) is 29.8 Å². The molecule has 0 saturated carbocycles. The van der Waals surface area contributed by atoms with Crippen molar-refractivity contribution in [3.63, 3.8) is 0 Å². The van der Waals surface area contributed by atoms with E-state index < -0.39 is 0 Å². The van der Waals surface area contributed by atoms with Gasteiger partial charge in [0, 0.05) is 0 Å². The van der Waals surface area contributed by atoms with E-state index in [0.717, 1.165) is 11.3 Å². The van der Waals surface area contributed by atoms with Crippen molar-refractivity contribution in [2.75, 3.05) is 0 Å². The maximum absolute atomic E-state index is 4.73. The van der Waals surface area contributed by atoms with Gasteiger partial charge in [-0.3, -0.25) is 0 Å². The summed E-state index contributed by atoms with van der Waals surface area (Å²) in [5.41, 5.74) is 1.10. The van der Waals surface area contributed by atoms with E-state index in [4.69, 9.17) is 3.85 Å². The van der Waals surface area contributed by atoms with Crippen molar-refractivity contribution in [3.8, 4) is 5.75 Å². The predicted octanol–water partition coefficient (Wildman–Crippen LogP) is 1.84. The first-order chi connectivity index (χ1) is 4.34. The van der Waals surface area contributed by atoms with E-state index in [1.54, 1.807) is 0 Å². The van der Waals surface area contributed by atoms with E-state index in [9.17, 15) is 0 Å². The first-order valence-corrected chi connectivity index (χ1v) is 3.09. The number of aryl methyl sites for hydroxylation is 1. The van der Waals surface area contributed by atoms with E-state index in [2.05, 4.69) is 16.1 Å². The predicted molar refractivity (Wildman–Crippen MR) is 31.8 cm³/mol. The molecule has 0 unspecified atom stereocenters. The van der Waals surface area contributed by atoms with Crippen LogP contribution in [0.2, 0.25) is 0 Å². The fourth-order valence-electron chi connectivity index (χ4n) is 0.633. The van der Waals surface area contributed by atoms with E-state index >= 15 is 0 Å². The zero-order valence-electron chi connectivity index (χ0n) is 5.05. The van der Waals surface area contributed by atoms with Crippen LogP contribution in [0.3, 0.4) is 0 Å². The first kappa shape index (κ1) is 6.64. The Morgan fingerprint density at radius 2 is 2.00 bits per heavy atom. The molecule has 0 saturated heterocycles. The summed E-state index contributed by atoms with van der Waals surface area (Å²) in [6.45, 7) is 1.98. The van der Waals surface area contributed by atoms with Crippen LogP contribution in [-0.4, -0.2) is 0 Å². The molecule has 0 amide bonds. The molecule has 0 aliphatic rings.